The molecule has 4 heteroatoms. The zero-order valence-corrected chi connectivity index (χ0v) is 12.2. The minimum atomic E-state index is -0.357. The summed E-state index contributed by atoms with van der Waals surface area (Å²) in [5, 5.41) is 0. The van der Waals surface area contributed by atoms with Gasteiger partial charge < -0.3 is 15.4 Å². The molecule has 1 aromatic carbocycles. The first kappa shape index (κ1) is 14.4. The molecule has 0 aromatic heterocycles. The number of hydrogen-bond acceptors (Lipinski definition) is 4. The van der Waals surface area contributed by atoms with Crippen LogP contribution in [0.4, 0.5) is 0 Å². The number of esters is 1. The van der Waals surface area contributed by atoms with Crippen LogP contribution in [0.25, 0.3) is 5.70 Å². The SMILES string of the molecule is COC(=O)/C(=C(\N)c1ccc(C)cc1)N1CCCCC1. The van der Waals surface area contributed by atoms with Crippen molar-refractivity contribution < 1.29 is 9.53 Å². The van der Waals surface area contributed by atoms with Crippen LogP contribution in [0.1, 0.15) is 30.4 Å². The van der Waals surface area contributed by atoms with Crippen molar-refractivity contribution >= 4 is 11.7 Å². The standard InChI is InChI=1S/C16H22N2O2/c1-12-6-8-13(9-7-12)14(17)15(16(19)20-2)18-10-4-3-5-11-18/h6-9H,3-5,10-11,17H2,1-2H3/b15-14+. The van der Waals surface area contributed by atoms with Gasteiger partial charge in [0.05, 0.1) is 12.8 Å². The van der Waals surface area contributed by atoms with Crippen LogP contribution in [0.3, 0.4) is 0 Å². The number of benzene rings is 1. The van der Waals surface area contributed by atoms with E-state index in [4.69, 9.17) is 10.5 Å². The number of carbonyl (C=O) groups is 1. The summed E-state index contributed by atoms with van der Waals surface area (Å²) in [4.78, 5) is 14.1. The third kappa shape index (κ3) is 3.13. The van der Waals surface area contributed by atoms with Crippen molar-refractivity contribution in [3.63, 3.8) is 0 Å². The second kappa shape index (κ2) is 6.46. The third-order valence-corrected chi connectivity index (χ3v) is 3.67. The summed E-state index contributed by atoms with van der Waals surface area (Å²) in [5.74, 6) is -0.357. The second-order valence-corrected chi connectivity index (χ2v) is 5.17. The van der Waals surface area contributed by atoms with E-state index in [9.17, 15) is 4.79 Å². The maximum Gasteiger partial charge on any atom is 0.356 e. The smallest absolute Gasteiger partial charge is 0.356 e. The Bertz CT molecular complexity index is 500. The summed E-state index contributed by atoms with van der Waals surface area (Å²) in [5.41, 5.74) is 9.26. The monoisotopic (exact) mass is 274 g/mol. The van der Waals surface area contributed by atoms with Gasteiger partial charge in [0, 0.05) is 13.1 Å². The number of hydrogen-bond donors (Lipinski definition) is 1. The van der Waals surface area contributed by atoms with E-state index in [1.54, 1.807) is 0 Å². The fourth-order valence-electron chi connectivity index (χ4n) is 2.49. The Kier molecular flexibility index (Phi) is 4.66. The third-order valence-electron chi connectivity index (χ3n) is 3.67. The van der Waals surface area contributed by atoms with E-state index >= 15 is 0 Å². The lowest BCUT2D eigenvalue weighted by atomic mass is 10.1. The second-order valence-electron chi connectivity index (χ2n) is 5.17. The van der Waals surface area contributed by atoms with Crippen molar-refractivity contribution in [2.75, 3.05) is 20.2 Å². The lowest BCUT2D eigenvalue weighted by molar-refractivity contribution is -0.138. The van der Waals surface area contributed by atoms with Gasteiger partial charge in [0.2, 0.25) is 0 Å². The molecule has 0 spiro atoms. The molecule has 4 nitrogen and oxygen atoms in total. The number of methoxy groups -OCH3 is 1. The van der Waals surface area contributed by atoms with Crippen LogP contribution < -0.4 is 5.73 Å². The van der Waals surface area contributed by atoms with E-state index in [0.717, 1.165) is 31.5 Å². The molecule has 1 saturated heterocycles. The number of aryl methyl sites for hydroxylation is 1. The molecule has 1 aliphatic heterocycles. The van der Waals surface area contributed by atoms with Gasteiger partial charge in [-0.3, -0.25) is 0 Å². The highest BCUT2D eigenvalue weighted by atomic mass is 16.5. The first-order chi connectivity index (χ1) is 9.63. The average molecular weight is 274 g/mol. The summed E-state index contributed by atoms with van der Waals surface area (Å²) < 4.78 is 4.91. The highest BCUT2D eigenvalue weighted by Gasteiger charge is 2.24. The molecule has 0 amide bonds. The normalized spacial score (nSPS) is 16.6. The molecule has 2 N–H and O–H groups in total. The van der Waals surface area contributed by atoms with Crippen molar-refractivity contribution in [1.29, 1.82) is 0 Å². The maximum atomic E-state index is 12.1. The van der Waals surface area contributed by atoms with Gasteiger partial charge in [0.1, 0.15) is 5.70 Å². The molecule has 108 valence electrons. The van der Waals surface area contributed by atoms with Gasteiger partial charge >= 0.3 is 5.97 Å². The van der Waals surface area contributed by atoms with E-state index in [1.165, 1.54) is 19.1 Å². The Morgan fingerprint density at radius 1 is 1.15 bits per heavy atom. The lowest BCUT2D eigenvalue weighted by Gasteiger charge is -2.30. The number of piperidine rings is 1. The predicted octanol–water partition coefficient (Wildman–Crippen LogP) is 2.28. The summed E-state index contributed by atoms with van der Waals surface area (Å²) in [6.45, 7) is 3.74. The highest BCUT2D eigenvalue weighted by Crippen LogP contribution is 2.22. The molecule has 0 aliphatic carbocycles. The zero-order valence-electron chi connectivity index (χ0n) is 12.2. The predicted molar refractivity (Wildman–Crippen MR) is 79.7 cm³/mol. The van der Waals surface area contributed by atoms with E-state index in [1.807, 2.05) is 36.1 Å². The van der Waals surface area contributed by atoms with Crippen LogP contribution in [0, 0.1) is 6.92 Å². The number of ether oxygens (including phenoxy) is 1. The molecule has 20 heavy (non-hydrogen) atoms. The van der Waals surface area contributed by atoms with Gasteiger partial charge in [-0.25, -0.2) is 4.79 Å². The molecular weight excluding hydrogens is 252 g/mol. The van der Waals surface area contributed by atoms with Gasteiger partial charge in [-0.05, 0) is 31.7 Å². The fourth-order valence-corrected chi connectivity index (χ4v) is 2.49. The topological polar surface area (TPSA) is 55.6 Å². The van der Waals surface area contributed by atoms with Gasteiger partial charge in [0.25, 0.3) is 0 Å². The number of nitrogens with two attached hydrogens (primary N) is 1. The number of carbonyl (C=O) groups excluding carboxylic acids is 1. The van der Waals surface area contributed by atoms with Crippen molar-refractivity contribution in [3.8, 4) is 0 Å². The Morgan fingerprint density at radius 3 is 2.30 bits per heavy atom. The van der Waals surface area contributed by atoms with E-state index in [0.29, 0.717) is 11.4 Å². The van der Waals surface area contributed by atoms with Crippen molar-refractivity contribution in [2.24, 2.45) is 5.73 Å². The molecule has 1 aliphatic rings. The molecule has 0 radical (unpaired) electrons. The maximum absolute atomic E-state index is 12.1. The molecular formula is C16H22N2O2. The largest absolute Gasteiger partial charge is 0.464 e. The zero-order chi connectivity index (χ0) is 14.5. The van der Waals surface area contributed by atoms with Crippen LogP contribution in [0.15, 0.2) is 30.0 Å². The van der Waals surface area contributed by atoms with Gasteiger partial charge in [-0.15, -0.1) is 0 Å². The molecule has 1 heterocycles. The Balaban J connectivity index is 2.39. The molecule has 0 atom stereocenters. The number of likely N-dealkylation sites (tertiary alicyclic amines) is 1. The minimum absolute atomic E-state index is 0.357. The molecule has 1 aromatic rings. The fraction of sp³-hybridized carbons (Fsp3) is 0.438. The van der Waals surface area contributed by atoms with Gasteiger partial charge in [-0.2, -0.15) is 0 Å². The first-order valence-electron chi connectivity index (χ1n) is 7.03. The Morgan fingerprint density at radius 2 is 1.75 bits per heavy atom. The van der Waals surface area contributed by atoms with Crippen molar-refractivity contribution in [1.82, 2.24) is 4.90 Å². The quantitative estimate of drug-likeness (QED) is 0.678. The Labute approximate surface area is 120 Å². The van der Waals surface area contributed by atoms with Gasteiger partial charge in [-0.1, -0.05) is 29.8 Å². The summed E-state index contributed by atoms with van der Waals surface area (Å²) >= 11 is 0. The first-order valence-corrected chi connectivity index (χ1v) is 7.03. The van der Waals surface area contributed by atoms with Gasteiger partial charge in [0.15, 0.2) is 0 Å². The lowest BCUT2D eigenvalue weighted by Crippen LogP contribution is -2.35. The van der Waals surface area contributed by atoms with Crippen LogP contribution in [0.2, 0.25) is 0 Å². The summed E-state index contributed by atoms with van der Waals surface area (Å²) in [6, 6.07) is 7.87. The molecule has 1 fully saturated rings. The van der Waals surface area contributed by atoms with Crippen LogP contribution >= 0.6 is 0 Å². The van der Waals surface area contributed by atoms with Crippen LogP contribution in [-0.4, -0.2) is 31.1 Å². The summed E-state index contributed by atoms with van der Waals surface area (Å²) in [6.07, 6.45) is 3.37. The molecule has 0 bridgehead atoms. The van der Waals surface area contributed by atoms with Crippen molar-refractivity contribution in [2.45, 2.75) is 26.2 Å². The van der Waals surface area contributed by atoms with Crippen LogP contribution in [-0.2, 0) is 9.53 Å². The van der Waals surface area contributed by atoms with E-state index in [2.05, 4.69) is 0 Å². The number of rotatable bonds is 3. The van der Waals surface area contributed by atoms with Crippen LogP contribution in [0.5, 0.6) is 0 Å². The minimum Gasteiger partial charge on any atom is -0.464 e. The average Bonchev–Trinajstić information content (AvgIpc) is 2.49. The van der Waals surface area contributed by atoms with E-state index in [-0.39, 0.29) is 5.97 Å². The molecule has 0 saturated carbocycles. The van der Waals surface area contributed by atoms with E-state index < -0.39 is 0 Å². The number of nitrogens with zero attached hydrogens (tertiary/aromatic N) is 1. The highest BCUT2D eigenvalue weighted by molar-refractivity contribution is 5.96. The molecule has 0 unspecified atom stereocenters. The summed E-state index contributed by atoms with van der Waals surface area (Å²) in [7, 11) is 1.40. The molecule has 2 rings (SSSR count). The van der Waals surface area contributed by atoms with Crippen molar-refractivity contribution in [3.05, 3.63) is 41.1 Å². The Hall–Kier alpha value is -1.97.